The molecule has 27 heavy (non-hydrogen) atoms. The molecule has 6 atom stereocenters. The third kappa shape index (κ3) is 5.71. The molecule has 1 saturated heterocycles. The van der Waals surface area contributed by atoms with E-state index in [1.807, 2.05) is 19.9 Å². The highest BCUT2D eigenvalue weighted by Crippen LogP contribution is 2.33. The standard InChI is InChI=1S/C17H29NO9/c1-4-9(2)5-6-12(22)18-13-10(20)7-17(26-3,16(24)25)27-15(13)14(23)11(21)8-19/h4,10-11,13-15,19-21,23H,5-8H2,1-3H3,(H,18,22)(H,24,25)/b9-4+/t10-,11+,13+,14+,15?,17+/m0/s1. The van der Waals surface area contributed by atoms with Gasteiger partial charge in [0.15, 0.2) is 0 Å². The second kappa shape index (κ2) is 10.1. The number of carbonyl (C=O) groups is 2. The Morgan fingerprint density at radius 3 is 2.48 bits per heavy atom. The molecule has 1 aliphatic rings. The normalized spacial score (nSPS) is 31.2. The van der Waals surface area contributed by atoms with E-state index < -0.39 is 61.1 Å². The van der Waals surface area contributed by atoms with Crippen LogP contribution in [0.15, 0.2) is 11.6 Å². The molecule has 10 nitrogen and oxygen atoms in total. The molecular formula is C17H29NO9. The van der Waals surface area contributed by atoms with Gasteiger partial charge in [-0.05, 0) is 20.3 Å². The minimum absolute atomic E-state index is 0.110. The van der Waals surface area contributed by atoms with Crippen molar-refractivity contribution < 1.29 is 44.6 Å². The number of hydrogen-bond donors (Lipinski definition) is 6. The van der Waals surface area contributed by atoms with Gasteiger partial charge in [-0.3, -0.25) is 4.79 Å². The van der Waals surface area contributed by atoms with E-state index in [1.165, 1.54) is 0 Å². The SMILES string of the molecule is C/C=C(\C)CCC(=O)N[C@H]1C([C@H](O)[C@H](O)CO)O[C@@](OC)(C(=O)O)C[C@@H]1O. The summed E-state index contributed by atoms with van der Waals surface area (Å²) in [5.74, 6) is -4.24. The van der Waals surface area contributed by atoms with Gasteiger partial charge in [0.25, 0.3) is 5.79 Å². The molecule has 1 unspecified atom stereocenters. The molecule has 1 amide bonds. The number of methoxy groups -OCH3 is 1. The first kappa shape index (κ1) is 23.5. The summed E-state index contributed by atoms with van der Waals surface area (Å²) in [4.78, 5) is 23.8. The van der Waals surface area contributed by atoms with Gasteiger partial charge in [-0.15, -0.1) is 0 Å². The molecule has 0 aromatic rings. The highest BCUT2D eigenvalue weighted by Gasteiger charge is 2.55. The van der Waals surface area contributed by atoms with Crippen molar-refractivity contribution >= 4 is 11.9 Å². The topological polar surface area (TPSA) is 166 Å². The van der Waals surface area contributed by atoms with Gasteiger partial charge in [0.05, 0.1) is 18.8 Å². The van der Waals surface area contributed by atoms with Crippen molar-refractivity contribution in [3.05, 3.63) is 11.6 Å². The second-order valence-electron chi connectivity index (χ2n) is 6.58. The number of rotatable bonds is 9. The van der Waals surface area contributed by atoms with Gasteiger partial charge in [-0.1, -0.05) is 11.6 Å². The zero-order valence-electron chi connectivity index (χ0n) is 15.7. The van der Waals surface area contributed by atoms with E-state index in [-0.39, 0.29) is 6.42 Å². The van der Waals surface area contributed by atoms with Crippen LogP contribution < -0.4 is 5.32 Å². The fourth-order valence-electron chi connectivity index (χ4n) is 2.82. The average Bonchev–Trinajstić information content (AvgIpc) is 2.65. The van der Waals surface area contributed by atoms with Crippen molar-refractivity contribution in [3.63, 3.8) is 0 Å². The van der Waals surface area contributed by atoms with Crippen LogP contribution in [0.2, 0.25) is 0 Å². The molecule has 1 fully saturated rings. The van der Waals surface area contributed by atoms with E-state index in [0.717, 1.165) is 12.7 Å². The molecule has 0 aliphatic carbocycles. The van der Waals surface area contributed by atoms with Crippen molar-refractivity contribution in [2.24, 2.45) is 0 Å². The monoisotopic (exact) mass is 391 g/mol. The first-order valence-electron chi connectivity index (χ1n) is 8.64. The maximum atomic E-state index is 12.2. The van der Waals surface area contributed by atoms with Crippen LogP contribution in [0, 0.1) is 0 Å². The summed E-state index contributed by atoms with van der Waals surface area (Å²) in [5.41, 5.74) is 0.988. The van der Waals surface area contributed by atoms with Gasteiger partial charge in [-0.2, -0.15) is 0 Å². The number of amides is 1. The maximum Gasteiger partial charge on any atom is 0.364 e. The van der Waals surface area contributed by atoms with Crippen molar-refractivity contribution in [1.29, 1.82) is 0 Å². The quantitative estimate of drug-likeness (QED) is 0.257. The number of ether oxygens (including phenoxy) is 2. The number of hydrogen-bond acceptors (Lipinski definition) is 8. The molecule has 0 aromatic heterocycles. The summed E-state index contributed by atoms with van der Waals surface area (Å²) < 4.78 is 10.3. The fraction of sp³-hybridized carbons (Fsp3) is 0.765. The lowest BCUT2D eigenvalue weighted by Gasteiger charge is -2.46. The van der Waals surface area contributed by atoms with Crippen LogP contribution in [-0.2, 0) is 19.1 Å². The van der Waals surface area contributed by atoms with Crippen molar-refractivity contribution in [1.82, 2.24) is 5.32 Å². The van der Waals surface area contributed by atoms with Crippen LogP contribution in [0.25, 0.3) is 0 Å². The third-order valence-electron chi connectivity index (χ3n) is 4.71. The number of aliphatic hydroxyl groups excluding tert-OH is 4. The molecule has 1 aliphatic heterocycles. The van der Waals surface area contributed by atoms with Crippen LogP contribution in [0.1, 0.15) is 33.1 Å². The van der Waals surface area contributed by atoms with Gasteiger partial charge in [0.2, 0.25) is 5.91 Å². The third-order valence-corrected chi connectivity index (χ3v) is 4.71. The van der Waals surface area contributed by atoms with Gasteiger partial charge in [0.1, 0.15) is 18.3 Å². The summed E-state index contributed by atoms with van der Waals surface area (Å²) in [7, 11) is 1.06. The molecule has 0 saturated carbocycles. The van der Waals surface area contributed by atoms with Crippen LogP contribution in [0.4, 0.5) is 0 Å². The Morgan fingerprint density at radius 2 is 2.00 bits per heavy atom. The Bertz CT molecular complexity index is 553. The zero-order chi connectivity index (χ0) is 20.8. The van der Waals surface area contributed by atoms with Crippen LogP contribution in [0.5, 0.6) is 0 Å². The number of carbonyl (C=O) groups excluding carboxylic acids is 1. The van der Waals surface area contributed by atoms with E-state index in [0.29, 0.717) is 6.42 Å². The predicted octanol–water partition coefficient (Wildman–Crippen LogP) is -1.49. The van der Waals surface area contributed by atoms with Gasteiger partial charge in [-0.25, -0.2) is 4.79 Å². The predicted molar refractivity (Wildman–Crippen MR) is 92.6 cm³/mol. The molecule has 0 bridgehead atoms. The molecule has 0 aromatic carbocycles. The van der Waals surface area contributed by atoms with Crippen molar-refractivity contribution in [3.8, 4) is 0 Å². The van der Waals surface area contributed by atoms with Gasteiger partial charge in [0, 0.05) is 20.0 Å². The minimum Gasteiger partial charge on any atom is -0.477 e. The number of carboxylic acid groups (broad SMARTS) is 1. The second-order valence-corrected chi connectivity index (χ2v) is 6.58. The smallest absolute Gasteiger partial charge is 0.364 e. The Labute approximate surface area is 157 Å². The number of nitrogens with one attached hydrogen (secondary N) is 1. The lowest BCUT2D eigenvalue weighted by molar-refractivity contribution is -0.303. The molecule has 6 N–H and O–H groups in total. The average molecular weight is 391 g/mol. The van der Waals surface area contributed by atoms with Crippen LogP contribution >= 0.6 is 0 Å². The summed E-state index contributed by atoms with van der Waals surface area (Å²) in [6.07, 6.45) is -4.47. The Morgan fingerprint density at radius 1 is 1.37 bits per heavy atom. The molecule has 1 heterocycles. The highest BCUT2D eigenvalue weighted by atomic mass is 16.7. The molecule has 10 heteroatoms. The van der Waals surface area contributed by atoms with Crippen LogP contribution in [0.3, 0.4) is 0 Å². The van der Waals surface area contributed by atoms with E-state index in [9.17, 15) is 30.0 Å². The number of carboxylic acids is 1. The lowest BCUT2D eigenvalue weighted by atomic mass is 9.88. The molecule has 156 valence electrons. The first-order chi connectivity index (χ1) is 12.6. The van der Waals surface area contributed by atoms with E-state index in [1.54, 1.807) is 0 Å². The van der Waals surface area contributed by atoms with E-state index in [2.05, 4.69) is 5.32 Å². The summed E-state index contributed by atoms with van der Waals surface area (Å²) in [6, 6.07) is -1.21. The largest absolute Gasteiger partial charge is 0.477 e. The van der Waals surface area contributed by atoms with E-state index >= 15 is 0 Å². The van der Waals surface area contributed by atoms with Gasteiger partial charge < -0.3 is 40.3 Å². The summed E-state index contributed by atoms with van der Waals surface area (Å²) >= 11 is 0. The summed E-state index contributed by atoms with van der Waals surface area (Å²) in [6.45, 7) is 2.87. The Kier molecular flexibility index (Phi) is 8.79. The summed E-state index contributed by atoms with van der Waals surface area (Å²) in [5, 5.41) is 51.4. The van der Waals surface area contributed by atoms with Gasteiger partial charge >= 0.3 is 5.97 Å². The fourth-order valence-corrected chi connectivity index (χ4v) is 2.82. The molecule has 0 radical (unpaired) electrons. The minimum atomic E-state index is -2.26. The van der Waals surface area contributed by atoms with Crippen LogP contribution in [-0.4, -0.2) is 87.4 Å². The number of aliphatic hydroxyl groups is 4. The molecular weight excluding hydrogens is 362 g/mol. The Balaban J connectivity index is 3.04. The van der Waals surface area contributed by atoms with Crippen molar-refractivity contribution in [2.45, 2.75) is 69.4 Å². The Hall–Kier alpha value is -1.56. The van der Waals surface area contributed by atoms with Crippen molar-refractivity contribution in [2.75, 3.05) is 13.7 Å². The number of aliphatic carboxylic acids is 1. The zero-order valence-corrected chi connectivity index (χ0v) is 15.7. The molecule has 0 spiro atoms. The maximum absolute atomic E-state index is 12.2. The molecule has 1 rings (SSSR count). The lowest BCUT2D eigenvalue weighted by Crippen LogP contribution is -2.67. The first-order valence-corrected chi connectivity index (χ1v) is 8.64. The highest BCUT2D eigenvalue weighted by molar-refractivity contribution is 5.77. The number of allylic oxidation sites excluding steroid dienone is 2. The van der Waals surface area contributed by atoms with E-state index in [4.69, 9.17) is 14.6 Å².